The van der Waals surface area contributed by atoms with E-state index in [0.29, 0.717) is 40.8 Å². The first-order valence-electron chi connectivity index (χ1n) is 10.1. The Morgan fingerprint density at radius 2 is 2.19 bits per heavy atom. The quantitative estimate of drug-likeness (QED) is 0.339. The van der Waals surface area contributed by atoms with Crippen LogP contribution in [0, 0.1) is 23.0 Å². The summed E-state index contributed by atoms with van der Waals surface area (Å²) in [7, 11) is 0. The monoisotopic (exact) mass is 442 g/mol. The van der Waals surface area contributed by atoms with E-state index in [2.05, 4.69) is 4.98 Å². The number of carbonyl (C=O) groups excluding carboxylic acids is 2. The van der Waals surface area contributed by atoms with Crippen LogP contribution in [0.4, 0.5) is 5.69 Å². The zero-order valence-electron chi connectivity index (χ0n) is 17.2. The molecule has 0 spiro atoms. The van der Waals surface area contributed by atoms with Crippen LogP contribution in [0.2, 0.25) is 0 Å². The molecule has 2 aromatic heterocycles. The number of thiazole rings is 1. The molecule has 31 heavy (non-hydrogen) atoms. The van der Waals surface area contributed by atoms with Gasteiger partial charge in [0, 0.05) is 42.7 Å². The van der Waals surface area contributed by atoms with Crippen molar-refractivity contribution in [3.63, 3.8) is 0 Å². The number of nitro groups is 1. The SMILES string of the molecule is CCOC(=O)[C@H]1CCCN(C(=O)c2sc3nc(-c4cccc([N+](=O)[O-])c4)cn3c2C)C1. The molecule has 3 heterocycles. The fourth-order valence-corrected chi connectivity index (χ4v) is 4.90. The number of hydrogen-bond donors (Lipinski definition) is 0. The molecule has 0 radical (unpaired) electrons. The molecule has 0 saturated carbocycles. The summed E-state index contributed by atoms with van der Waals surface area (Å²) in [4.78, 5) is 43.4. The number of nitrogens with zero attached hydrogens (tertiary/aromatic N) is 4. The van der Waals surface area contributed by atoms with Crippen LogP contribution in [0.5, 0.6) is 0 Å². The van der Waals surface area contributed by atoms with Crippen LogP contribution < -0.4 is 0 Å². The number of non-ortho nitro benzene ring substituents is 1. The molecular formula is C21H22N4O5S. The summed E-state index contributed by atoms with van der Waals surface area (Å²) in [5.41, 5.74) is 2.01. The largest absolute Gasteiger partial charge is 0.466 e. The third kappa shape index (κ3) is 4.02. The molecule has 1 aliphatic heterocycles. The number of benzene rings is 1. The molecule has 0 N–H and O–H groups in total. The molecule has 0 unspecified atom stereocenters. The third-order valence-corrected chi connectivity index (χ3v) is 6.58. The second-order valence-electron chi connectivity index (χ2n) is 7.45. The summed E-state index contributed by atoms with van der Waals surface area (Å²) in [6.45, 7) is 4.92. The highest BCUT2D eigenvalue weighted by Gasteiger charge is 2.31. The first kappa shape index (κ1) is 21.0. The van der Waals surface area contributed by atoms with Gasteiger partial charge in [-0.05, 0) is 26.7 Å². The maximum Gasteiger partial charge on any atom is 0.310 e. The number of fused-ring (bicyclic) bond motifs is 1. The van der Waals surface area contributed by atoms with Crippen LogP contribution in [-0.2, 0) is 9.53 Å². The van der Waals surface area contributed by atoms with E-state index in [1.807, 2.05) is 11.3 Å². The number of hydrogen-bond acceptors (Lipinski definition) is 7. The van der Waals surface area contributed by atoms with Crippen molar-refractivity contribution in [1.82, 2.24) is 14.3 Å². The number of rotatable bonds is 5. The minimum Gasteiger partial charge on any atom is -0.466 e. The van der Waals surface area contributed by atoms with Gasteiger partial charge in [-0.25, -0.2) is 4.98 Å². The lowest BCUT2D eigenvalue weighted by Crippen LogP contribution is -2.42. The van der Waals surface area contributed by atoms with Gasteiger partial charge in [-0.3, -0.25) is 24.1 Å². The Morgan fingerprint density at radius 1 is 1.39 bits per heavy atom. The standard InChI is InChI=1S/C21H22N4O5S/c1-3-30-20(27)15-7-5-9-23(11-15)19(26)18-13(2)24-12-17(22-21(24)31-18)14-6-4-8-16(10-14)25(28)29/h4,6,8,10,12,15H,3,5,7,9,11H2,1-2H3/t15-/m0/s1. The smallest absolute Gasteiger partial charge is 0.310 e. The van der Waals surface area contributed by atoms with Crippen LogP contribution in [0.15, 0.2) is 30.5 Å². The number of likely N-dealkylation sites (tertiary alicyclic amines) is 1. The first-order chi connectivity index (χ1) is 14.9. The number of aryl methyl sites for hydroxylation is 1. The molecule has 4 rings (SSSR count). The van der Waals surface area contributed by atoms with Crippen LogP contribution in [0.1, 0.15) is 35.1 Å². The highest BCUT2D eigenvalue weighted by atomic mass is 32.1. The zero-order valence-corrected chi connectivity index (χ0v) is 18.1. The molecule has 1 fully saturated rings. The Kier molecular flexibility index (Phi) is 5.73. The molecule has 3 aromatic rings. The van der Waals surface area contributed by atoms with Gasteiger partial charge in [-0.1, -0.05) is 23.5 Å². The summed E-state index contributed by atoms with van der Waals surface area (Å²) >= 11 is 1.28. The second kappa shape index (κ2) is 8.46. The Bertz CT molecular complexity index is 1170. The lowest BCUT2D eigenvalue weighted by atomic mass is 9.98. The summed E-state index contributed by atoms with van der Waals surface area (Å²) in [6.07, 6.45) is 3.27. The number of amides is 1. The highest BCUT2D eigenvalue weighted by Crippen LogP contribution is 2.30. The zero-order chi connectivity index (χ0) is 22.1. The van der Waals surface area contributed by atoms with Gasteiger partial charge in [0.15, 0.2) is 4.96 Å². The van der Waals surface area contributed by atoms with E-state index in [1.54, 1.807) is 30.2 Å². The molecular weight excluding hydrogens is 420 g/mol. The number of nitro benzene ring substituents is 1. The second-order valence-corrected chi connectivity index (χ2v) is 8.42. The van der Waals surface area contributed by atoms with E-state index in [9.17, 15) is 19.7 Å². The molecule has 1 aliphatic rings. The van der Waals surface area contributed by atoms with Crippen LogP contribution in [-0.4, -0.2) is 50.8 Å². The highest BCUT2D eigenvalue weighted by molar-refractivity contribution is 7.19. The normalized spacial score (nSPS) is 16.5. The Morgan fingerprint density at radius 3 is 2.90 bits per heavy atom. The van der Waals surface area contributed by atoms with Crippen LogP contribution >= 0.6 is 11.3 Å². The molecule has 162 valence electrons. The average molecular weight is 442 g/mol. The fourth-order valence-electron chi connectivity index (χ4n) is 3.82. The van der Waals surface area contributed by atoms with E-state index in [-0.39, 0.29) is 23.5 Å². The van der Waals surface area contributed by atoms with Crippen molar-refractivity contribution >= 4 is 33.9 Å². The van der Waals surface area contributed by atoms with Gasteiger partial charge in [-0.2, -0.15) is 0 Å². The molecule has 1 amide bonds. The van der Waals surface area contributed by atoms with Crippen LogP contribution in [0.3, 0.4) is 0 Å². The lowest BCUT2D eigenvalue weighted by Gasteiger charge is -2.31. The summed E-state index contributed by atoms with van der Waals surface area (Å²) in [5, 5.41) is 11.0. The van der Waals surface area contributed by atoms with Gasteiger partial charge >= 0.3 is 5.97 Å². The molecule has 0 bridgehead atoms. The van der Waals surface area contributed by atoms with Crippen molar-refractivity contribution in [3.8, 4) is 11.3 Å². The number of ether oxygens (including phenoxy) is 1. The topological polar surface area (TPSA) is 107 Å². The minimum absolute atomic E-state index is 0.00250. The van der Waals surface area contributed by atoms with E-state index >= 15 is 0 Å². The Balaban J connectivity index is 1.58. The minimum atomic E-state index is -0.438. The summed E-state index contributed by atoms with van der Waals surface area (Å²) in [5.74, 6) is -0.652. The third-order valence-electron chi connectivity index (χ3n) is 5.43. The van der Waals surface area contributed by atoms with Crippen LogP contribution in [0.25, 0.3) is 16.2 Å². The van der Waals surface area contributed by atoms with Gasteiger partial charge in [0.05, 0.1) is 23.1 Å². The van der Waals surface area contributed by atoms with E-state index in [1.165, 1.54) is 23.5 Å². The predicted molar refractivity (Wildman–Crippen MR) is 115 cm³/mol. The summed E-state index contributed by atoms with van der Waals surface area (Å²) in [6, 6.07) is 6.31. The van der Waals surface area contributed by atoms with Crippen molar-refractivity contribution < 1.29 is 19.2 Å². The molecule has 0 aliphatic carbocycles. The van der Waals surface area contributed by atoms with Gasteiger partial charge in [-0.15, -0.1) is 0 Å². The molecule has 9 nitrogen and oxygen atoms in total. The molecule has 1 saturated heterocycles. The molecule has 1 aromatic carbocycles. The maximum absolute atomic E-state index is 13.2. The van der Waals surface area contributed by atoms with Crippen molar-refractivity contribution in [2.75, 3.05) is 19.7 Å². The predicted octanol–water partition coefficient (Wildman–Crippen LogP) is 3.69. The number of esters is 1. The van der Waals surface area contributed by atoms with Gasteiger partial charge in [0.2, 0.25) is 0 Å². The van der Waals surface area contributed by atoms with Crippen molar-refractivity contribution in [3.05, 3.63) is 51.1 Å². The average Bonchev–Trinajstić information content (AvgIpc) is 3.33. The van der Waals surface area contributed by atoms with E-state index in [4.69, 9.17) is 4.74 Å². The van der Waals surface area contributed by atoms with Gasteiger partial charge < -0.3 is 9.64 Å². The van der Waals surface area contributed by atoms with Gasteiger partial charge in [0.1, 0.15) is 4.88 Å². The number of imidazole rings is 1. The van der Waals surface area contributed by atoms with Crippen molar-refractivity contribution in [2.45, 2.75) is 26.7 Å². The van der Waals surface area contributed by atoms with E-state index in [0.717, 1.165) is 18.5 Å². The molecule has 1 atom stereocenters. The Hall–Kier alpha value is -3.27. The van der Waals surface area contributed by atoms with Gasteiger partial charge in [0.25, 0.3) is 11.6 Å². The van der Waals surface area contributed by atoms with E-state index < -0.39 is 4.92 Å². The maximum atomic E-state index is 13.2. The number of piperidine rings is 1. The fraction of sp³-hybridized carbons (Fsp3) is 0.381. The summed E-state index contributed by atoms with van der Waals surface area (Å²) < 4.78 is 6.95. The van der Waals surface area contributed by atoms with Crippen molar-refractivity contribution in [1.29, 1.82) is 0 Å². The lowest BCUT2D eigenvalue weighted by molar-refractivity contribution is -0.384. The Labute approximate surface area is 182 Å². The first-order valence-corrected chi connectivity index (χ1v) is 10.9. The number of aromatic nitrogens is 2. The number of carbonyl (C=O) groups is 2. The molecule has 10 heteroatoms. The van der Waals surface area contributed by atoms with Crippen molar-refractivity contribution in [2.24, 2.45) is 5.92 Å².